The minimum atomic E-state index is -1.24. The van der Waals surface area contributed by atoms with Gasteiger partial charge in [0, 0.05) is 29.0 Å². The van der Waals surface area contributed by atoms with Gasteiger partial charge in [-0.15, -0.1) is 0 Å². The van der Waals surface area contributed by atoms with Crippen LogP contribution in [0.15, 0.2) is 24.4 Å². The number of rotatable bonds is 1. The van der Waals surface area contributed by atoms with Crippen molar-refractivity contribution in [3.8, 4) is 5.75 Å². The molecule has 5 rings (SSSR count). The molecule has 29 heavy (non-hydrogen) atoms. The Kier molecular flexibility index (Phi) is 4.11. The lowest BCUT2D eigenvalue weighted by atomic mass is 9.90. The minimum absolute atomic E-state index is 0.0289. The topological polar surface area (TPSA) is 109 Å². The molecule has 1 fully saturated rings. The molecular weight excluding hydrogens is 372 g/mol. The van der Waals surface area contributed by atoms with E-state index in [4.69, 9.17) is 4.74 Å². The minimum Gasteiger partial charge on any atom is -0.508 e. The third-order valence-corrected chi connectivity index (χ3v) is 6.29. The summed E-state index contributed by atoms with van der Waals surface area (Å²) in [5.41, 5.74) is 6.46. The van der Waals surface area contributed by atoms with Crippen molar-refractivity contribution in [2.45, 2.75) is 44.9 Å². The van der Waals surface area contributed by atoms with E-state index in [-0.39, 0.29) is 12.4 Å². The van der Waals surface area contributed by atoms with E-state index in [0.717, 1.165) is 44.1 Å². The molecule has 4 atom stereocenters. The molecule has 1 saturated heterocycles. The van der Waals surface area contributed by atoms with Crippen LogP contribution in [0, 0.1) is 13.8 Å². The van der Waals surface area contributed by atoms with E-state index >= 15 is 0 Å². The van der Waals surface area contributed by atoms with Crippen molar-refractivity contribution in [3.05, 3.63) is 46.7 Å². The van der Waals surface area contributed by atoms with Crippen LogP contribution >= 0.6 is 0 Å². The summed E-state index contributed by atoms with van der Waals surface area (Å²) >= 11 is 0. The molecule has 2 aliphatic heterocycles. The summed E-state index contributed by atoms with van der Waals surface area (Å²) in [6, 6.07) is 5.32. The van der Waals surface area contributed by atoms with Gasteiger partial charge in [-0.1, -0.05) is 0 Å². The van der Waals surface area contributed by atoms with Crippen molar-refractivity contribution in [2.75, 3.05) is 6.61 Å². The molecule has 5 N–H and O–H groups in total. The molecule has 2 aliphatic rings. The zero-order valence-corrected chi connectivity index (χ0v) is 16.3. The number of nitrogens with zero attached hydrogens (tertiary/aromatic N) is 1. The maximum atomic E-state index is 10.4. The Morgan fingerprint density at radius 2 is 1.90 bits per heavy atom. The summed E-state index contributed by atoms with van der Waals surface area (Å²) in [6.45, 7) is 4.61. The number of aliphatic hydroxyl groups excluding tert-OH is 3. The molecule has 0 radical (unpaired) electrons. The van der Waals surface area contributed by atoms with Gasteiger partial charge < -0.3 is 35.0 Å². The molecule has 7 heteroatoms. The second-order valence-corrected chi connectivity index (χ2v) is 8.01. The van der Waals surface area contributed by atoms with E-state index in [1.807, 2.05) is 23.2 Å². The van der Waals surface area contributed by atoms with Crippen LogP contribution in [-0.2, 0) is 11.3 Å². The molecule has 0 aliphatic carbocycles. The van der Waals surface area contributed by atoms with Gasteiger partial charge in [-0.3, -0.25) is 0 Å². The number of aryl methyl sites for hydroxylation is 2. The van der Waals surface area contributed by atoms with E-state index in [1.165, 1.54) is 0 Å². The molecule has 0 amide bonds. The van der Waals surface area contributed by atoms with Gasteiger partial charge in [0.15, 0.2) is 6.23 Å². The molecular formula is C22H24N2O5. The maximum Gasteiger partial charge on any atom is 0.159 e. The average Bonchev–Trinajstić information content (AvgIpc) is 3.09. The van der Waals surface area contributed by atoms with Crippen molar-refractivity contribution in [3.63, 3.8) is 0 Å². The zero-order valence-electron chi connectivity index (χ0n) is 16.3. The van der Waals surface area contributed by atoms with Gasteiger partial charge in [-0.2, -0.15) is 0 Å². The van der Waals surface area contributed by atoms with Crippen LogP contribution in [0.4, 0.5) is 0 Å². The maximum absolute atomic E-state index is 10.4. The first-order chi connectivity index (χ1) is 13.9. The van der Waals surface area contributed by atoms with Crippen LogP contribution in [0.5, 0.6) is 5.75 Å². The van der Waals surface area contributed by atoms with Crippen LogP contribution in [0.3, 0.4) is 0 Å². The highest BCUT2D eigenvalue weighted by atomic mass is 16.5. The summed E-state index contributed by atoms with van der Waals surface area (Å²) in [5.74, 6) is 0.223. The lowest BCUT2D eigenvalue weighted by Gasteiger charge is -2.42. The molecule has 0 bridgehead atoms. The fourth-order valence-electron chi connectivity index (χ4n) is 4.66. The van der Waals surface area contributed by atoms with E-state index in [9.17, 15) is 20.4 Å². The van der Waals surface area contributed by atoms with Crippen molar-refractivity contribution in [2.24, 2.45) is 0 Å². The van der Waals surface area contributed by atoms with Gasteiger partial charge in [0.1, 0.15) is 24.1 Å². The highest BCUT2D eigenvalue weighted by Crippen LogP contribution is 2.39. The second kappa shape index (κ2) is 6.47. The Bertz CT molecular complexity index is 1150. The predicted octanol–water partition coefficient (Wildman–Crippen LogP) is 1.87. The number of aromatic hydroxyl groups is 1. The van der Waals surface area contributed by atoms with E-state index < -0.39 is 24.5 Å². The molecule has 1 unspecified atom stereocenters. The number of phenolic OH excluding ortho intramolecular Hbond substituents is 1. The van der Waals surface area contributed by atoms with Gasteiger partial charge in [-0.25, -0.2) is 0 Å². The van der Waals surface area contributed by atoms with Crippen LogP contribution < -0.4 is 0 Å². The zero-order chi connectivity index (χ0) is 20.4. The van der Waals surface area contributed by atoms with Crippen molar-refractivity contribution < 1.29 is 25.2 Å². The second-order valence-electron chi connectivity index (χ2n) is 8.01. The number of benzene rings is 2. The molecule has 0 spiro atoms. The molecule has 7 nitrogen and oxygen atoms in total. The summed E-state index contributed by atoms with van der Waals surface area (Å²) in [7, 11) is 0. The number of nitrogens with one attached hydrogen (secondary N) is 1. The summed E-state index contributed by atoms with van der Waals surface area (Å²) in [6.07, 6.45) is -0.416. The van der Waals surface area contributed by atoms with Crippen molar-refractivity contribution in [1.29, 1.82) is 0 Å². The van der Waals surface area contributed by atoms with Crippen LogP contribution in [0.2, 0.25) is 0 Å². The lowest BCUT2D eigenvalue weighted by Crippen LogP contribution is -2.57. The van der Waals surface area contributed by atoms with Crippen LogP contribution in [-0.4, -0.2) is 61.5 Å². The first-order valence-corrected chi connectivity index (χ1v) is 9.73. The van der Waals surface area contributed by atoms with E-state index in [0.29, 0.717) is 6.54 Å². The SMILES string of the molecule is Cc1c2c(c(C)c3c1[nH]c1ccc(O)cc13)CN(C1OC[C@@H](O)[C@H](O)[C@H]1O)C=C2. The average molecular weight is 396 g/mol. The molecule has 152 valence electrons. The summed E-state index contributed by atoms with van der Waals surface area (Å²) < 4.78 is 5.63. The van der Waals surface area contributed by atoms with Gasteiger partial charge >= 0.3 is 0 Å². The Labute approximate surface area is 167 Å². The fraction of sp³-hybridized carbons (Fsp3) is 0.364. The normalized spacial score (nSPS) is 27.0. The predicted molar refractivity (Wildman–Crippen MR) is 109 cm³/mol. The third-order valence-electron chi connectivity index (χ3n) is 6.29. The number of aromatic amines is 1. The molecule has 2 aromatic carbocycles. The lowest BCUT2D eigenvalue weighted by molar-refractivity contribution is -0.222. The number of aromatic nitrogens is 1. The van der Waals surface area contributed by atoms with Gasteiger partial charge in [0.05, 0.1) is 12.1 Å². The van der Waals surface area contributed by atoms with Crippen LogP contribution in [0.25, 0.3) is 27.9 Å². The number of ether oxygens (including phenoxy) is 1. The highest BCUT2D eigenvalue weighted by Gasteiger charge is 2.40. The largest absolute Gasteiger partial charge is 0.508 e. The Balaban J connectivity index is 1.62. The first kappa shape index (κ1) is 18.4. The van der Waals surface area contributed by atoms with Crippen molar-refractivity contribution >= 4 is 27.9 Å². The number of hydrogen-bond acceptors (Lipinski definition) is 6. The van der Waals surface area contributed by atoms with Crippen molar-refractivity contribution in [1.82, 2.24) is 9.88 Å². The highest BCUT2D eigenvalue weighted by molar-refractivity contribution is 6.11. The molecule has 3 heterocycles. The van der Waals surface area contributed by atoms with Gasteiger partial charge in [0.2, 0.25) is 0 Å². The van der Waals surface area contributed by atoms with E-state index in [2.05, 4.69) is 18.8 Å². The van der Waals surface area contributed by atoms with Crippen LogP contribution in [0.1, 0.15) is 22.3 Å². The van der Waals surface area contributed by atoms with Gasteiger partial charge in [-0.05, 0) is 60.4 Å². The molecule has 0 saturated carbocycles. The monoisotopic (exact) mass is 396 g/mol. The third kappa shape index (κ3) is 2.66. The Hall–Kier alpha value is -2.58. The Morgan fingerprint density at radius 1 is 1.10 bits per heavy atom. The number of aliphatic hydroxyl groups is 3. The fourth-order valence-corrected chi connectivity index (χ4v) is 4.66. The molecule has 1 aromatic heterocycles. The standard InChI is InChI=1S/C22H24N2O5/c1-10-15-8-24(22-21(28)20(27)17(26)9-29-22)6-5-13(15)11(2)19-18(10)14-7-12(25)3-4-16(14)23-19/h3-7,17,20-23,25-28H,8-9H2,1-2H3/t17-,20+,21-,22?/m1/s1. The van der Waals surface area contributed by atoms with E-state index in [1.54, 1.807) is 12.1 Å². The smallest absolute Gasteiger partial charge is 0.159 e. The summed E-state index contributed by atoms with van der Waals surface area (Å²) in [5, 5.41) is 42.2. The first-order valence-electron chi connectivity index (χ1n) is 9.73. The molecule has 3 aromatic rings. The quantitative estimate of drug-likeness (QED) is 0.430. The number of hydrogen-bond donors (Lipinski definition) is 5. The number of H-pyrrole nitrogens is 1. The Morgan fingerprint density at radius 3 is 2.69 bits per heavy atom. The number of fused-ring (bicyclic) bond motifs is 4. The van der Waals surface area contributed by atoms with Gasteiger partial charge in [0.25, 0.3) is 0 Å². The number of phenols is 1. The summed E-state index contributed by atoms with van der Waals surface area (Å²) in [4.78, 5) is 5.33.